The number of para-hydroxylation sites is 4. The molecule has 3 heterocycles. The Morgan fingerprint density at radius 1 is 0.405 bits per heavy atom. The van der Waals surface area contributed by atoms with Crippen LogP contribution < -0.4 is 21.1 Å². The first-order chi connectivity index (χ1) is 38.1. The molecule has 0 amide bonds. The molecular formula is C74H66BN4. The second-order valence-corrected chi connectivity index (χ2v) is 25.7. The highest BCUT2D eigenvalue weighted by Crippen LogP contribution is 2.51. The van der Waals surface area contributed by atoms with Gasteiger partial charge in [0.1, 0.15) is 0 Å². The van der Waals surface area contributed by atoms with E-state index in [1.54, 1.807) is 0 Å². The van der Waals surface area contributed by atoms with Crippen molar-refractivity contribution in [1.82, 2.24) is 9.13 Å². The highest BCUT2D eigenvalue weighted by molar-refractivity contribution is 6.73. The zero-order valence-corrected chi connectivity index (χ0v) is 46.8. The molecule has 0 saturated heterocycles. The summed E-state index contributed by atoms with van der Waals surface area (Å²) in [5.74, 6) is 0. The summed E-state index contributed by atoms with van der Waals surface area (Å²) in [5.41, 5.74) is 23.6. The maximum atomic E-state index is 4.21. The van der Waals surface area contributed by atoms with Gasteiger partial charge in [-0.05, 0) is 170 Å². The predicted molar refractivity (Wildman–Crippen MR) is 338 cm³/mol. The molecule has 385 valence electrons. The number of nitrogens with zero attached hydrogens (tertiary/aromatic N) is 3. The summed E-state index contributed by atoms with van der Waals surface area (Å²) in [7, 11) is 2.56. The average Bonchev–Trinajstić information content (AvgIpc) is 3.58. The van der Waals surface area contributed by atoms with Crippen LogP contribution in [0.25, 0.3) is 76.9 Å². The van der Waals surface area contributed by atoms with Crippen molar-refractivity contribution in [3.8, 4) is 22.5 Å². The lowest BCUT2D eigenvalue weighted by Crippen LogP contribution is -2.41. The molecule has 12 aromatic rings. The Morgan fingerprint density at radius 3 is 1.61 bits per heavy atom. The van der Waals surface area contributed by atoms with Crippen LogP contribution in [0.2, 0.25) is 0 Å². The lowest BCUT2D eigenvalue weighted by atomic mass is 9.55. The van der Waals surface area contributed by atoms with Crippen LogP contribution in [-0.4, -0.2) is 16.4 Å². The van der Waals surface area contributed by atoms with E-state index >= 15 is 0 Å². The quantitative estimate of drug-likeness (QED) is 0.161. The summed E-state index contributed by atoms with van der Waals surface area (Å²) < 4.78 is 5.25. The highest BCUT2D eigenvalue weighted by atomic mass is 15.1. The lowest BCUT2D eigenvalue weighted by molar-refractivity contribution is 0.332. The average molecular weight is 1020 g/mol. The number of anilines is 5. The van der Waals surface area contributed by atoms with Crippen LogP contribution >= 0.6 is 0 Å². The van der Waals surface area contributed by atoms with E-state index in [1.807, 2.05) is 0 Å². The zero-order chi connectivity index (χ0) is 53.7. The number of rotatable bonds is 7. The first-order valence-corrected chi connectivity index (χ1v) is 28.7. The van der Waals surface area contributed by atoms with Crippen molar-refractivity contribution in [2.45, 2.75) is 103 Å². The topological polar surface area (TPSA) is 25.1 Å². The standard InChI is InChI=1S/C74H66BN4/c1-71(2)37-38-72(3,4)57-41-47(32-35-56(57)71)76-61-42-50(77(48-22-11-9-12-23-48)49-24-13-10-14-25-49)33-34-52(61)55-43-66(78-62-29-19-17-27-53(62)54-28-18-20-30-63(54)78)68-67-51-26-16-15-21-46(51)31-36-64(67)79-65-45-59-58(44-60(65)75-69(55)70(68)79)73(5,6)39-40-74(59,7)8/h9-36,41-45,76H,37-40H2,1-8H3. The van der Waals surface area contributed by atoms with Crippen molar-refractivity contribution in [2.24, 2.45) is 0 Å². The summed E-state index contributed by atoms with van der Waals surface area (Å²) in [5, 5.41) is 11.8. The molecule has 15 rings (SSSR count). The molecule has 2 aromatic heterocycles. The number of hydrogen-bond donors (Lipinski definition) is 1. The fourth-order valence-electron chi connectivity index (χ4n) is 14.5. The number of nitrogens with one attached hydrogen (secondary N) is 1. The Morgan fingerprint density at radius 2 is 0.962 bits per heavy atom. The normalized spacial score (nSPS) is 16.4. The van der Waals surface area contributed by atoms with Gasteiger partial charge in [0, 0.05) is 61.2 Å². The van der Waals surface area contributed by atoms with Crippen LogP contribution in [0.5, 0.6) is 0 Å². The Kier molecular flexibility index (Phi) is 10.4. The monoisotopic (exact) mass is 1020 g/mol. The SMILES string of the molecule is CC1(C)CCC(C)(C)c2cc(Nc3cc(N(c4ccccc4)c4ccccc4)ccc3-c3cc(-n4c5ccccc5c5ccccc54)c4c5c6ccccc6ccc5n5c4c3[B]c3cc4c(cc3-5)C(C)(C)CCC4(C)C)ccc21. The van der Waals surface area contributed by atoms with Gasteiger partial charge in [0.05, 0.1) is 27.8 Å². The third kappa shape index (κ3) is 7.27. The van der Waals surface area contributed by atoms with Gasteiger partial charge in [-0.15, -0.1) is 0 Å². The van der Waals surface area contributed by atoms with E-state index in [1.165, 1.54) is 111 Å². The molecule has 0 spiro atoms. The van der Waals surface area contributed by atoms with Crippen molar-refractivity contribution in [2.75, 3.05) is 10.2 Å². The second-order valence-electron chi connectivity index (χ2n) is 25.7. The Balaban J connectivity index is 1.09. The molecule has 79 heavy (non-hydrogen) atoms. The number of benzene rings is 10. The fourth-order valence-corrected chi connectivity index (χ4v) is 14.5. The number of fused-ring (bicyclic) bond motifs is 12. The molecule has 0 atom stereocenters. The van der Waals surface area contributed by atoms with Crippen LogP contribution in [0.1, 0.15) is 103 Å². The van der Waals surface area contributed by atoms with Crippen LogP contribution in [0.15, 0.2) is 200 Å². The van der Waals surface area contributed by atoms with Gasteiger partial charge in [-0.3, -0.25) is 0 Å². The molecule has 0 unspecified atom stereocenters. The maximum Gasteiger partial charge on any atom is 0.197 e. The summed E-state index contributed by atoms with van der Waals surface area (Å²) in [6.07, 6.45) is 4.62. The molecule has 1 radical (unpaired) electrons. The molecule has 0 bridgehead atoms. The maximum absolute atomic E-state index is 4.21. The molecule has 1 N–H and O–H groups in total. The molecule has 0 saturated carbocycles. The van der Waals surface area contributed by atoms with Gasteiger partial charge in [0.2, 0.25) is 0 Å². The third-order valence-corrected chi connectivity index (χ3v) is 19.0. The van der Waals surface area contributed by atoms with E-state index in [2.05, 4.69) is 282 Å². The first kappa shape index (κ1) is 47.9. The predicted octanol–water partition coefficient (Wildman–Crippen LogP) is 18.6. The Labute approximate surface area is 465 Å². The van der Waals surface area contributed by atoms with Crippen LogP contribution in [0, 0.1) is 0 Å². The van der Waals surface area contributed by atoms with E-state index in [4.69, 9.17) is 0 Å². The van der Waals surface area contributed by atoms with Crippen molar-refractivity contribution in [3.63, 3.8) is 0 Å². The highest BCUT2D eigenvalue weighted by Gasteiger charge is 2.41. The minimum Gasteiger partial charge on any atom is -0.355 e. The van der Waals surface area contributed by atoms with Crippen molar-refractivity contribution in [1.29, 1.82) is 0 Å². The van der Waals surface area contributed by atoms with Gasteiger partial charge in [-0.1, -0.05) is 182 Å². The fraction of sp³-hybridized carbons (Fsp3) is 0.216. The zero-order valence-electron chi connectivity index (χ0n) is 46.8. The van der Waals surface area contributed by atoms with E-state index in [0.717, 1.165) is 53.3 Å². The van der Waals surface area contributed by atoms with Crippen molar-refractivity contribution in [3.05, 3.63) is 222 Å². The van der Waals surface area contributed by atoms with Gasteiger partial charge in [-0.25, -0.2) is 0 Å². The molecule has 3 aliphatic rings. The summed E-state index contributed by atoms with van der Waals surface area (Å²) in [6.45, 7) is 19.5. The molecule has 2 aliphatic carbocycles. The number of hydrogen-bond acceptors (Lipinski definition) is 2. The smallest absolute Gasteiger partial charge is 0.197 e. The van der Waals surface area contributed by atoms with Crippen molar-refractivity contribution >= 4 is 101 Å². The second kappa shape index (κ2) is 17.1. The summed E-state index contributed by atoms with van der Waals surface area (Å²) in [6, 6.07) is 75.5. The number of aromatic nitrogens is 2. The van der Waals surface area contributed by atoms with Crippen LogP contribution in [0.3, 0.4) is 0 Å². The minimum atomic E-state index is 0.0300. The van der Waals surface area contributed by atoms with Gasteiger partial charge in [-0.2, -0.15) is 0 Å². The van der Waals surface area contributed by atoms with Crippen molar-refractivity contribution < 1.29 is 0 Å². The molecule has 4 nitrogen and oxygen atoms in total. The van der Waals surface area contributed by atoms with E-state index in [-0.39, 0.29) is 21.7 Å². The van der Waals surface area contributed by atoms with Gasteiger partial charge >= 0.3 is 0 Å². The van der Waals surface area contributed by atoms with Crippen LogP contribution in [0.4, 0.5) is 28.4 Å². The van der Waals surface area contributed by atoms with E-state index < -0.39 is 0 Å². The van der Waals surface area contributed by atoms with Gasteiger partial charge < -0.3 is 19.4 Å². The molecule has 0 fully saturated rings. The summed E-state index contributed by atoms with van der Waals surface area (Å²) >= 11 is 0. The lowest BCUT2D eigenvalue weighted by Gasteiger charge is -2.43. The van der Waals surface area contributed by atoms with E-state index in [9.17, 15) is 0 Å². The Hall–Kier alpha value is -8.28. The molecule has 1 aliphatic heterocycles. The van der Waals surface area contributed by atoms with E-state index in [0.29, 0.717) is 0 Å². The Bertz CT molecular complexity index is 4400. The van der Waals surface area contributed by atoms with Gasteiger partial charge in [0.25, 0.3) is 0 Å². The third-order valence-electron chi connectivity index (χ3n) is 19.0. The largest absolute Gasteiger partial charge is 0.355 e. The van der Waals surface area contributed by atoms with Gasteiger partial charge in [0.15, 0.2) is 7.28 Å². The molecule has 5 heteroatoms. The first-order valence-electron chi connectivity index (χ1n) is 28.7. The van der Waals surface area contributed by atoms with Crippen LogP contribution in [-0.2, 0) is 21.7 Å². The molecule has 10 aromatic carbocycles. The summed E-state index contributed by atoms with van der Waals surface area (Å²) in [4.78, 5) is 2.39. The minimum absolute atomic E-state index is 0.0300. The molecular weight excluding hydrogens is 956 g/mol.